The van der Waals surface area contributed by atoms with E-state index in [1.807, 2.05) is 13.0 Å². The van der Waals surface area contributed by atoms with Gasteiger partial charge in [0.1, 0.15) is 0 Å². The quantitative estimate of drug-likeness (QED) is 0.937. The first-order chi connectivity index (χ1) is 8.61. The van der Waals surface area contributed by atoms with Gasteiger partial charge in [-0.2, -0.15) is 5.10 Å². The largest absolute Gasteiger partial charge is 0.313 e. The highest BCUT2D eigenvalue weighted by Crippen LogP contribution is 2.20. The van der Waals surface area contributed by atoms with E-state index in [4.69, 9.17) is 11.6 Å². The molecule has 0 atom stereocenters. The summed E-state index contributed by atoms with van der Waals surface area (Å²) >= 11 is 9.47. The molecule has 0 saturated heterocycles. The van der Waals surface area contributed by atoms with E-state index in [0.29, 0.717) is 5.02 Å². The number of aryl methyl sites for hydroxylation is 1. The van der Waals surface area contributed by atoms with Gasteiger partial charge in [0.2, 0.25) is 0 Å². The van der Waals surface area contributed by atoms with Crippen LogP contribution in [0.5, 0.6) is 0 Å². The molecule has 0 unspecified atom stereocenters. The second-order valence-corrected chi connectivity index (χ2v) is 5.25. The van der Waals surface area contributed by atoms with Crippen LogP contribution in [0.3, 0.4) is 0 Å². The van der Waals surface area contributed by atoms with Crippen molar-refractivity contribution in [1.82, 2.24) is 20.1 Å². The lowest BCUT2D eigenvalue weighted by Crippen LogP contribution is -2.15. The van der Waals surface area contributed by atoms with Crippen molar-refractivity contribution in [2.45, 2.75) is 20.4 Å². The minimum Gasteiger partial charge on any atom is -0.313 e. The van der Waals surface area contributed by atoms with Crippen LogP contribution in [0.4, 0.5) is 0 Å². The number of nitrogens with one attached hydrogen (secondary N) is 1. The van der Waals surface area contributed by atoms with Gasteiger partial charge in [-0.15, -0.1) is 0 Å². The molecule has 0 fully saturated rings. The maximum Gasteiger partial charge on any atom is 0.157 e. The molecule has 2 aromatic heterocycles. The predicted octanol–water partition coefficient (Wildman–Crippen LogP) is 3.10. The van der Waals surface area contributed by atoms with Crippen molar-refractivity contribution in [2.75, 3.05) is 6.54 Å². The van der Waals surface area contributed by atoms with Crippen LogP contribution >= 0.6 is 27.5 Å². The molecule has 0 aliphatic rings. The van der Waals surface area contributed by atoms with Crippen molar-refractivity contribution < 1.29 is 0 Å². The summed E-state index contributed by atoms with van der Waals surface area (Å²) in [6.07, 6.45) is 3.54. The van der Waals surface area contributed by atoms with E-state index in [2.05, 4.69) is 38.3 Å². The van der Waals surface area contributed by atoms with Crippen molar-refractivity contribution in [3.05, 3.63) is 39.2 Å². The van der Waals surface area contributed by atoms with Crippen molar-refractivity contribution in [1.29, 1.82) is 0 Å². The van der Waals surface area contributed by atoms with Gasteiger partial charge in [-0.3, -0.25) is 0 Å². The van der Waals surface area contributed by atoms with E-state index in [0.717, 1.165) is 34.6 Å². The number of hydrogen-bond donors (Lipinski definition) is 1. The van der Waals surface area contributed by atoms with Crippen LogP contribution in [-0.4, -0.2) is 21.3 Å². The Balaban J connectivity index is 2.42. The first kappa shape index (κ1) is 13.5. The Hall–Kier alpha value is -0.910. The molecule has 4 nitrogen and oxygen atoms in total. The van der Waals surface area contributed by atoms with Gasteiger partial charge in [-0.25, -0.2) is 9.67 Å². The van der Waals surface area contributed by atoms with Gasteiger partial charge in [0.15, 0.2) is 5.82 Å². The van der Waals surface area contributed by atoms with E-state index in [1.165, 1.54) is 0 Å². The van der Waals surface area contributed by atoms with Crippen molar-refractivity contribution in [2.24, 2.45) is 0 Å². The number of nitrogens with zero attached hydrogens (tertiary/aromatic N) is 3. The standard InChI is InChI=1S/C12H14BrClN4/c1-3-15-5-9-4-10(13)6-16-12(9)18-7-11(14)8(2)17-18/h4,6-7,15H,3,5H2,1-2H3. The van der Waals surface area contributed by atoms with Gasteiger partial charge in [-0.05, 0) is 35.5 Å². The molecule has 0 bridgehead atoms. The van der Waals surface area contributed by atoms with E-state index in [9.17, 15) is 0 Å². The van der Waals surface area contributed by atoms with Gasteiger partial charge >= 0.3 is 0 Å². The zero-order valence-corrected chi connectivity index (χ0v) is 12.6. The van der Waals surface area contributed by atoms with E-state index < -0.39 is 0 Å². The smallest absolute Gasteiger partial charge is 0.157 e. The maximum absolute atomic E-state index is 6.03. The third-order valence-electron chi connectivity index (χ3n) is 2.53. The van der Waals surface area contributed by atoms with Gasteiger partial charge in [-0.1, -0.05) is 18.5 Å². The molecule has 18 heavy (non-hydrogen) atoms. The minimum absolute atomic E-state index is 0.647. The topological polar surface area (TPSA) is 42.7 Å². The third-order valence-corrected chi connectivity index (χ3v) is 3.34. The Bertz CT molecular complexity index is 534. The number of aromatic nitrogens is 3. The summed E-state index contributed by atoms with van der Waals surface area (Å²) in [5.41, 5.74) is 1.88. The molecular formula is C12H14BrClN4. The highest BCUT2D eigenvalue weighted by molar-refractivity contribution is 9.10. The summed E-state index contributed by atoms with van der Waals surface area (Å²) in [5, 5.41) is 8.29. The lowest BCUT2D eigenvalue weighted by atomic mass is 10.2. The fourth-order valence-electron chi connectivity index (χ4n) is 1.62. The highest BCUT2D eigenvalue weighted by Gasteiger charge is 2.10. The molecule has 2 aromatic rings. The average molecular weight is 330 g/mol. The van der Waals surface area contributed by atoms with Gasteiger partial charge in [0.05, 0.1) is 16.9 Å². The highest BCUT2D eigenvalue weighted by atomic mass is 79.9. The fraction of sp³-hybridized carbons (Fsp3) is 0.333. The molecule has 0 amide bonds. The third kappa shape index (κ3) is 2.91. The number of pyridine rings is 1. The van der Waals surface area contributed by atoms with Crippen molar-refractivity contribution in [3.8, 4) is 5.82 Å². The second kappa shape index (κ2) is 5.82. The number of halogens is 2. The van der Waals surface area contributed by atoms with Gasteiger partial charge in [0, 0.05) is 22.8 Å². The molecule has 0 saturated carbocycles. The number of rotatable bonds is 4. The van der Waals surface area contributed by atoms with Crippen molar-refractivity contribution in [3.63, 3.8) is 0 Å². The van der Waals surface area contributed by atoms with Crippen molar-refractivity contribution >= 4 is 27.5 Å². The summed E-state index contributed by atoms with van der Waals surface area (Å²) in [6.45, 7) is 5.60. The van der Waals surface area contributed by atoms with Crippen LogP contribution in [-0.2, 0) is 6.54 Å². The SMILES string of the molecule is CCNCc1cc(Br)cnc1-n1cc(Cl)c(C)n1. The Morgan fingerprint density at radius 2 is 2.28 bits per heavy atom. The molecule has 6 heteroatoms. The monoisotopic (exact) mass is 328 g/mol. The molecule has 0 aromatic carbocycles. The first-order valence-electron chi connectivity index (χ1n) is 5.69. The first-order valence-corrected chi connectivity index (χ1v) is 6.86. The minimum atomic E-state index is 0.647. The van der Waals surface area contributed by atoms with Crippen LogP contribution < -0.4 is 5.32 Å². The van der Waals surface area contributed by atoms with E-state index in [-0.39, 0.29) is 0 Å². The van der Waals surface area contributed by atoms with Gasteiger partial charge in [0.25, 0.3) is 0 Å². The zero-order valence-electron chi connectivity index (χ0n) is 10.2. The Morgan fingerprint density at radius 1 is 1.50 bits per heavy atom. The summed E-state index contributed by atoms with van der Waals surface area (Å²) in [5.74, 6) is 0.800. The fourth-order valence-corrected chi connectivity index (χ4v) is 2.13. The average Bonchev–Trinajstić information content (AvgIpc) is 2.67. The molecule has 1 N–H and O–H groups in total. The van der Waals surface area contributed by atoms with Crippen LogP contribution in [0.1, 0.15) is 18.2 Å². The molecule has 0 spiro atoms. The maximum atomic E-state index is 6.03. The summed E-state index contributed by atoms with van der Waals surface area (Å²) in [4.78, 5) is 4.41. The summed E-state index contributed by atoms with van der Waals surface area (Å²) in [6, 6.07) is 2.04. The van der Waals surface area contributed by atoms with E-state index in [1.54, 1.807) is 17.1 Å². The Labute approximate surface area is 119 Å². The normalized spacial score (nSPS) is 10.9. The van der Waals surface area contributed by atoms with Crippen LogP contribution in [0, 0.1) is 6.92 Å². The lowest BCUT2D eigenvalue weighted by molar-refractivity contribution is 0.708. The Morgan fingerprint density at radius 3 is 2.89 bits per heavy atom. The van der Waals surface area contributed by atoms with Crippen LogP contribution in [0.25, 0.3) is 5.82 Å². The predicted molar refractivity (Wildman–Crippen MR) is 76.2 cm³/mol. The summed E-state index contributed by atoms with van der Waals surface area (Å²) in [7, 11) is 0. The molecule has 2 rings (SSSR count). The van der Waals surface area contributed by atoms with E-state index >= 15 is 0 Å². The second-order valence-electron chi connectivity index (χ2n) is 3.92. The lowest BCUT2D eigenvalue weighted by Gasteiger charge is -2.09. The van der Waals surface area contributed by atoms with Gasteiger partial charge < -0.3 is 5.32 Å². The molecule has 2 heterocycles. The molecule has 96 valence electrons. The zero-order chi connectivity index (χ0) is 13.1. The van der Waals surface area contributed by atoms with Crippen LogP contribution in [0.15, 0.2) is 22.9 Å². The molecule has 0 aliphatic carbocycles. The number of hydrogen-bond acceptors (Lipinski definition) is 3. The molecular weight excluding hydrogens is 316 g/mol. The molecule has 0 aliphatic heterocycles. The Kier molecular flexibility index (Phi) is 4.37. The molecule has 0 radical (unpaired) electrons. The summed E-state index contributed by atoms with van der Waals surface area (Å²) < 4.78 is 2.67. The van der Waals surface area contributed by atoms with Crippen LogP contribution in [0.2, 0.25) is 5.02 Å².